The largest absolute Gasteiger partial charge is 0.378 e. The zero-order chi connectivity index (χ0) is 13.1. The molecular formula is C16H26OSi. The van der Waals surface area contributed by atoms with Gasteiger partial charge in [0.15, 0.2) is 0 Å². The van der Waals surface area contributed by atoms with Gasteiger partial charge in [0.25, 0.3) is 0 Å². The number of rotatable bonds is 4. The minimum absolute atomic E-state index is 0.209. The maximum atomic E-state index is 6.31. The van der Waals surface area contributed by atoms with Crippen LogP contribution >= 0.6 is 0 Å². The van der Waals surface area contributed by atoms with E-state index in [-0.39, 0.29) is 5.22 Å². The summed E-state index contributed by atoms with van der Waals surface area (Å²) in [5, 5.41) is 0.209. The van der Waals surface area contributed by atoms with Crippen LogP contribution in [0.4, 0.5) is 0 Å². The summed E-state index contributed by atoms with van der Waals surface area (Å²) < 4.78 is 6.31. The van der Waals surface area contributed by atoms with Gasteiger partial charge in [-0.25, -0.2) is 0 Å². The van der Waals surface area contributed by atoms with Crippen LogP contribution in [-0.4, -0.2) is 19.9 Å². The average molecular weight is 262 g/mol. The van der Waals surface area contributed by atoms with Gasteiger partial charge in [0, 0.05) is 6.61 Å². The third kappa shape index (κ3) is 3.04. The second-order valence-electron chi connectivity index (χ2n) is 6.54. The Morgan fingerprint density at radius 3 is 2.39 bits per heavy atom. The fraction of sp³-hybridized carbons (Fsp3) is 0.625. The van der Waals surface area contributed by atoms with Crippen LogP contribution in [0.3, 0.4) is 0 Å². The zero-order valence-electron chi connectivity index (χ0n) is 12.0. The van der Waals surface area contributed by atoms with Crippen LogP contribution in [0.5, 0.6) is 0 Å². The van der Waals surface area contributed by atoms with Gasteiger partial charge in [-0.3, -0.25) is 0 Å². The third-order valence-corrected chi connectivity index (χ3v) is 7.76. The van der Waals surface area contributed by atoms with Gasteiger partial charge in [-0.15, -0.1) is 0 Å². The molecule has 1 fully saturated rings. The first-order valence-electron chi connectivity index (χ1n) is 7.21. The summed E-state index contributed by atoms with van der Waals surface area (Å²) in [5.41, 5.74) is 1.45. The lowest BCUT2D eigenvalue weighted by Crippen LogP contribution is -2.56. The van der Waals surface area contributed by atoms with Gasteiger partial charge in [-0.05, 0) is 37.7 Å². The van der Waals surface area contributed by atoms with E-state index in [4.69, 9.17) is 4.74 Å². The molecule has 0 aliphatic carbocycles. The Morgan fingerprint density at radius 1 is 1.11 bits per heavy atom. The normalized spacial score (nSPS) is 25.1. The topological polar surface area (TPSA) is 9.23 Å². The summed E-state index contributed by atoms with van der Waals surface area (Å²) in [6.07, 6.45) is 6.23. The van der Waals surface area contributed by atoms with Crippen molar-refractivity contribution in [3.05, 3.63) is 35.9 Å². The minimum atomic E-state index is -1.28. The molecule has 1 heterocycles. The van der Waals surface area contributed by atoms with Crippen molar-refractivity contribution in [2.75, 3.05) is 6.61 Å². The van der Waals surface area contributed by atoms with Crippen LogP contribution in [0.2, 0.25) is 19.6 Å². The molecule has 1 aliphatic heterocycles. The molecule has 2 rings (SSSR count). The van der Waals surface area contributed by atoms with E-state index in [0.29, 0.717) is 0 Å². The van der Waals surface area contributed by atoms with Crippen LogP contribution in [-0.2, 0) is 11.2 Å². The molecule has 1 aliphatic rings. The molecule has 18 heavy (non-hydrogen) atoms. The fourth-order valence-corrected chi connectivity index (χ4v) is 5.34. The van der Waals surface area contributed by atoms with E-state index in [1.807, 2.05) is 0 Å². The average Bonchev–Trinajstić information content (AvgIpc) is 2.37. The smallest absolute Gasteiger partial charge is 0.0824 e. The lowest BCUT2D eigenvalue weighted by atomic mass is 10.0. The molecule has 1 unspecified atom stereocenters. The summed E-state index contributed by atoms with van der Waals surface area (Å²) in [6, 6.07) is 10.8. The van der Waals surface area contributed by atoms with E-state index in [1.54, 1.807) is 0 Å². The molecule has 1 atom stereocenters. The van der Waals surface area contributed by atoms with Crippen LogP contribution in [0.25, 0.3) is 0 Å². The Kier molecular flexibility index (Phi) is 4.28. The number of ether oxygens (including phenoxy) is 1. The Balaban J connectivity index is 2.06. The third-order valence-electron chi connectivity index (χ3n) is 4.38. The number of hydrogen-bond donors (Lipinski definition) is 0. The molecule has 1 aromatic carbocycles. The molecule has 1 nitrogen and oxygen atoms in total. The number of benzene rings is 1. The highest BCUT2D eigenvalue weighted by molar-refractivity contribution is 6.79. The standard InChI is InChI=1S/C16H26OSi/c1-18(2,3)16(12-7-8-14-17-16)13-11-15-9-5-4-6-10-15/h4-6,9-10H,7-8,11-14H2,1-3H3. The predicted octanol–water partition coefficient (Wildman–Crippen LogP) is 4.44. The summed E-state index contributed by atoms with van der Waals surface area (Å²) in [5.74, 6) is 0. The summed E-state index contributed by atoms with van der Waals surface area (Å²) in [4.78, 5) is 0. The van der Waals surface area contributed by atoms with Gasteiger partial charge in [0.1, 0.15) is 0 Å². The molecule has 100 valence electrons. The van der Waals surface area contributed by atoms with Crippen molar-refractivity contribution in [3.8, 4) is 0 Å². The van der Waals surface area contributed by atoms with E-state index in [9.17, 15) is 0 Å². The molecule has 0 radical (unpaired) electrons. The molecule has 0 aromatic heterocycles. The highest BCUT2D eigenvalue weighted by atomic mass is 28.3. The molecule has 0 N–H and O–H groups in total. The summed E-state index contributed by atoms with van der Waals surface area (Å²) >= 11 is 0. The van der Waals surface area contributed by atoms with Gasteiger partial charge in [0.05, 0.1) is 13.3 Å². The lowest BCUT2D eigenvalue weighted by molar-refractivity contribution is -0.0308. The van der Waals surface area contributed by atoms with Gasteiger partial charge < -0.3 is 4.74 Å². The van der Waals surface area contributed by atoms with E-state index in [0.717, 1.165) is 13.0 Å². The second-order valence-corrected chi connectivity index (χ2v) is 11.9. The van der Waals surface area contributed by atoms with Crippen LogP contribution in [0.15, 0.2) is 30.3 Å². The lowest BCUT2D eigenvalue weighted by Gasteiger charge is -2.46. The highest BCUT2D eigenvalue weighted by Gasteiger charge is 2.44. The molecule has 1 saturated heterocycles. The van der Waals surface area contributed by atoms with Crippen molar-refractivity contribution in [3.63, 3.8) is 0 Å². The Hall–Kier alpha value is -0.603. The van der Waals surface area contributed by atoms with Gasteiger partial charge >= 0.3 is 0 Å². The first kappa shape index (κ1) is 13.8. The second kappa shape index (κ2) is 5.58. The first-order valence-corrected chi connectivity index (χ1v) is 10.7. The Morgan fingerprint density at radius 2 is 1.83 bits per heavy atom. The predicted molar refractivity (Wildman–Crippen MR) is 80.6 cm³/mol. The van der Waals surface area contributed by atoms with Gasteiger partial charge in [0.2, 0.25) is 0 Å². The molecule has 0 bridgehead atoms. The minimum Gasteiger partial charge on any atom is -0.378 e. The van der Waals surface area contributed by atoms with Crippen molar-refractivity contribution >= 4 is 8.07 Å². The van der Waals surface area contributed by atoms with E-state index >= 15 is 0 Å². The van der Waals surface area contributed by atoms with Crippen molar-refractivity contribution in [1.29, 1.82) is 0 Å². The SMILES string of the molecule is C[Si](C)(C)C1(CCc2ccccc2)CCCCO1. The highest BCUT2D eigenvalue weighted by Crippen LogP contribution is 2.37. The van der Waals surface area contributed by atoms with Crippen molar-refractivity contribution in [2.24, 2.45) is 0 Å². The van der Waals surface area contributed by atoms with E-state index in [2.05, 4.69) is 50.0 Å². The molecule has 0 amide bonds. The maximum Gasteiger partial charge on any atom is 0.0824 e. The zero-order valence-corrected chi connectivity index (χ0v) is 13.0. The van der Waals surface area contributed by atoms with Crippen molar-refractivity contribution in [2.45, 2.75) is 57.0 Å². The fourth-order valence-electron chi connectivity index (χ4n) is 3.01. The Labute approximate surface area is 113 Å². The van der Waals surface area contributed by atoms with Crippen LogP contribution in [0, 0.1) is 0 Å². The molecule has 1 aromatic rings. The maximum absolute atomic E-state index is 6.31. The monoisotopic (exact) mass is 262 g/mol. The van der Waals surface area contributed by atoms with E-state index in [1.165, 1.54) is 31.2 Å². The van der Waals surface area contributed by atoms with Crippen LogP contribution < -0.4 is 0 Å². The van der Waals surface area contributed by atoms with Crippen molar-refractivity contribution < 1.29 is 4.74 Å². The molecule has 2 heteroatoms. The van der Waals surface area contributed by atoms with Crippen LogP contribution in [0.1, 0.15) is 31.2 Å². The summed E-state index contributed by atoms with van der Waals surface area (Å²) in [6.45, 7) is 8.36. The molecule has 0 spiro atoms. The Bertz CT molecular complexity index is 360. The molecular weight excluding hydrogens is 236 g/mol. The summed E-state index contributed by atoms with van der Waals surface area (Å²) in [7, 11) is -1.28. The van der Waals surface area contributed by atoms with Crippen molar-refractivity contribution in [1.82, 2.24) is 0 Å². The van der Waals surface area contributed by atoms with E-state index < -0.39 is 8.07 Å². The quantitative estimate of drug-likeness (QED) is 0.729. The van der Waals surface area contributed by atoms with Gasteiger partial charge in [-0.1, -0.05) is 50.0 Å². The molecule has 0 saturated carbocycles. The number of aryl methyl sites for hydroxylation is 1. The first-order chi connectivity index (χ1) is 8.54. The van der Waals surface area contributed by atoms with Gasteiger partial charge in [-0.2, -0.15) is 0 Å². The number of hydrogen-bond acceptors (Lipinski definition) is 1.